The quantitative estimate of drug-likeness (QED) is 0.465. The maximum atomic E-state index is 13.2. The number of rotatable bonds is 7. The lowest BCUT2D eigenvalue weighted by atomic mass is 10.2. The van der Waals surface area contributed by atoms with Crippen LogP contribution in [0.5, 0.6) is 0 Å². The Kier molecular flexibility index (Phi) is 7.35. The summed E-state index contributed by atoms with van der Waals surface area (Å²) in [6, 6.07) is 17.2. The van der Waals surface area contributed by atoms with Gasteiger partial charge in [0.2, 0.25) is 0 Å². The number of carbonyl (C=O) groups excluding carboxylic acids is 2. The van der Waals surface area contributed by atoms with E-state index in [1.165, 1.54) is 43.3 Å². The molecule has 0 radical (unpaired) electrons. The third-order valence-electron chi connectivity index (χ3n) is 4.85. The molecule has 0 aliphatic carbocycles. The fourth-order valence-electron chi connectivity index (χ4n) is 2.87. The van der Waals surface area contributed by atoms with Gasteiger partial charge in [0.1, 0.15) is 5.82 Å². The van der Waals surface area contributed by atoms with E-state index in [4.69, 9.17) is 16.3 Å². The molecule has 0 heterocycles. The first-order valence-corrected chi connectivity index (χ1v) is 11.5. The van der Waals surface area contributed by atoms with Gasteiger partial charge in [-0.05, 0) is 54.6 Å². The van der Waals surface area contributed by atoms with Crippen LogP contribution in [0.1, 0.15) is 10.4 Å². The fourth-order valence-corrected chi connectivity index (χ4v) is 4.28. The first-order chi connectivity index (χ1) is 15.6. The van der Waals surface area contributed by atoms with Crippen LogP contribution in [0.4, 0.5) is 15.8 Å². The average Bonchev–Trinajstić information content (AvgIpc) is 2.82. The molecule has 0 fully saturated rings. The van der Waals surface area contributed by atoms with Crippen LogP contribution in [0.3, 0.4) is 0 Å². The Hall–Kier alpha value is -3.43. The van der Waals surface area contributed by atoms with E-state index in [2.05, 4.69) is 0 Å². The Morgan fingerprint density at radius 3 is 2.21 bits per heavy atom. The molecule has 0 unspecified atom stereocenters. The van der Waals surface area contributed by atoms with Crippen LogP contribution in [0.2, 0.25) is 5.02 Å². The van der Waals surface area contributed by atoms with Crippen molar-refractivity contribution in [2.75, 3.05) is 29.9 Å². The van der Waals surface area contributed by atoms with Crippen LogP contribution in [-0.4, -0.2) is 41.0 Å². The van der Waals surface area contributed by atoms with Crippen molar-refractivity contribution in [1.29, 1.82) is 0 Å². The highest BCUT2D eigenvalue weighted by molar-refractivity contribution is 7.92. The van der Waals surface area contributed by atoms with Crippen molar-refractivity contribution in [1.82, 2.24) is 0 Å². The Morgan fingerprint density at radius 1 is 0.939 bits per heavy atom. The molecule has 0 atom stereocenters. The highest BCUT2D eigenvalue weighted by Gasteiger charge is 2.25. The Bertz CT molecular complexity index is 1270. The number of sulfonamides is 1. The van der Waals surface area contributed by atoms with Crippen molar-refractivity contribution < 1.29 is 27.1 Å². The van der Waals surface area contributed by atoms with Crippen LogP contribution >= 0.6 is 11.6 Å². The molecule has 0 bridgehead atoms. The van der Waals surface area contributed by atoms with Crippen molar-refractivity contribution in [3.05, 3.63) is 89.2 Å². The third-order valence-corrected chi connectivity index (χ3v) is 6.96. The lowest BCUT2D eigenvalue weighted by Crippen LogP contribution is -2.31. The van der Waals surface area contributed by atoms with Crippen LogP contribution in [0, 0.1) is 5.82 Å². The molecular weight excluding hydrogens is 471 g/mol. The number of esters is 1. The third kappa shape index (κ3) is 5.50. The van der Waals surface area contributed by atoms with Crippen LogP contribution < -0.4 is 9.21 Å². The van der Waals surface area contributed by atoms with Gasteiger partial charge in [0.15, 0.2) is 6.61 Å². The second-order valence-electron chi connectivity index (χ2n) is 6.96. The highest BCUT2D eigenvalue weighted by atomic mass is 35.5. The molecule has 7 nitrogen and oxygen atoms in total. The summed E-state index contributed by atoms with van der Waals surface area (Å²) in [5.74, 6) is -1.93. The highest BCUT2D eigenvalue weighted by Crippen LogP contribution is 2.26. The van der Waals surface area contributed by atoms with Gasteiger partial charge in [-0.3, -0.25) is 9.10 Å². The number of carbonyl (C=O) groups is 2. The molecule has 3 aromatic carbocycles. The Labute approximate surface area is 196 Å². The minimum atomic E-state index is -4.09. The number of benzene rings is 3. The van der Waals surface area contributed by atoms with E-state index in [0.29, 0.717) is 5.69 Å². The molecule has 10 heteroatoms. The minimum absolute atomic E-state index is 0.0350. The number of hydrogen-bond donors (Lipinski definition) is 0. The molecule has 0 saturated carbocycles. The van der Waals surface area contributed by atoms with Gasteiger partial charge in [0.05, 0.1) is 21.2 Å². The Morgan fingerprint density at radius 2 is 1.58 bits per heavy atom. The summed E-state index contributed by atoms with van der Waals surface area (Å²) in [7, 11) is -1.25. The maximum absolute atomic E-state index is 13.2. The summed E-state index contributed by atoms with van der Waals surface area (Å²) in [6.45, 7) is -0.562. The number of para-hydroxylation sites is 1. The Balaban J connectivity index is 1.77. The summed E-state index contributed by atoms with van der Waals surface area (Å²) in [5.41, 5.74) is 0.638. The summed E-state index contributed by atoms with van der Waals surface area (Å²) >= 11 is 6.08. The standard InChI is InChI=1S/C23H20ClFN2O5S/c1-26(17-6-4-3-5-7-17)22(28)15-32-23(29)20-14-19(12-13-21(20)24)33(30,31)27(2)18-10-8-16(25)9-11-18/h3-14H,15H2,1-2H3. The van der Waals surface area contributed by atoms with Gasteiger partial charge in [-0.25, -0.2) is 17.6 Å². The predicted octanol–water partition coefficient (Wildman–Crippen LogP) is 4.12. The van der Waals surface area contributed by atoms with Crippen molar-refractivity contribution in [2.45, 2.75) is 4.90 Å². The van der Waals surface area contributed by atoms with E-state index in [0.717, 1.165) is 22.5 Å². The number of amides is 1. The van der Waals surface area contributed by atoms with Gasteiger partial charge in [-0.2, -0.15) is 0 Å². The topological polar surface area (TPSA) is 84.0 Å². The van der Waals surface area contributed by atoms with E-state index >= 15 is 0 Å². The zero-order chi connectivity index (χ0) is 24.2. The van der Waals surface area contributed by atoms with E-state index in [1.54, 1.807) is 30.3 Å². The van der Waals surface area contributed by atoms with Crippen molar-refractivity contribution >= 4 is 44.9 Å². The predicted molar refractivity (Wildman–Crippen MR) is 124 cm³/mol. The lowest BCUT2D eigenvalue weighted by molar-refractivity contribution is -0.121. The number of nitrogens with zero attached hydrogens (tertiary/aromatic N) is 2. The number of ether oxygens (including phenoxy) is 1. The van der Waals surface area contributed by atoms with Crippen LogP contribution in [-0.2, 0) is 19.6 Å². The zero-order valence-electron chi connectivity index (χ0n) is 17.7. The summed E-state index contributed by atoms with van der Waals surface area (Å²) < 4.78 is 45.2. The molecule has 0 saturated heterocycles. The van der Waals surface area contributed by atoms with Gasteiger partial charge in [-0.15, -0.1) is 0 Å². The molecular formula is C23H20ClFN2O5S. The van der Waals surface area contributed by atoms with E-state index in [1.807, 2.05) is 0 Å². The monoisotopic (exact) mass is 490 g/mol. The summed E-state index contributed by atoms with van der Waals surface area (Å²) in [4.78, 5) is 26.0. The largest absolute Gasteiger partial charge is 0.452 e. The number of anilines is 2. The van der Waals surface area contributed by atoms with E-state index < -0.39 is 34.3 Å². The van der Waals surface area contributed by atoms with Gasteiger partial charge in [0, 0.05) is 19.8 Å². The van der Waals surface area contributed by atoms with Crippen molar-refractivity contribution in [2.24, 2.45) is 0 Å². The van der Waals surface area contributed by atoms with Crippen molar-refractivity contribution in [3.8, 4) is 0 Å². The second kappa shape index (κ2) is 10.0. The average molecular weight is 491 g/mol. The van der Waals surface area contributed by atoms with Gasteiger partial charge in [-0.1, -0.05) is 29.8 Å². The van der Waals surface area contributed by atoms with Crippen LogP contribution in [0.15, 0.2) is 77.7 Å². The number of hydrogen-bond acceptors (Lipinski definition) is 5. The summed E-state index contributed by atoms with van der Waals surface area (Å²) in [5, 5.41) is -0.0350. The SMILES string of the molecule is CN(C(=O)COC(=O)c1cc(S(=O)(=O)N(C)c2ccc(F)cc2)ccc1Cl)c1ccccc1. The smallest absolute Gasteiger partial charge is 0.340 e. The molecule has 0 aromatic heterocycles. The number of halogens is 2. The van der Waals surface area contributed by atoms with Gasteiger partial charge < -0.3 is 9.64 Å². The molecule has 0 aliphatic heterocycles. The van der Waals surface area contributed by atoms with Gasteiger partial charge >= 0.3 is 5.97 Å². The first-order valence-electron chi connectivity index (χ1n) is 9.64. The minimum Gasteiger partial charge on any atom is -0.452 e. The molecule has 3 aromatic rings. The van der Waals surface area contributed by atoms with Crippen molar-refractivity contribution in [3.63, 3.8) is 0 Å². The normalized spacial score (nSPS) is 11.0. The van der Waals surface area contributed by atoms with Gasteiger partial charge in [0.25, 0.3) is 15.9 Å². The first kappa shape index (κ1) is 24.2. The van der Waals surface area contributed by atoms with E-state index in [-0.39, 0.29) is 21.2 Å². The summed E-state index contributed by atoms with van der Waals surface area (Å²) in [6.07, 6.45) is 0. The molecule has 1 amide bonds. The zero-order valence-corrected chi connectivity index (χ0v) is 19.3. The number of likely N-dealkylation sites (N-methyl/N-ethyl adjacent to an activating group) is 1. The molecule has 172 valence electrons. The van der Waals surface area contributed by atoms with E-state index in [9.17, 15) is 22.4 Å². The molecule has 0 aliphatic rings. The molecule has 0 N–H and O–H groups in total. The van der Waals surface area contributed by atoms with Crippen LogP contribution in [0.25, 0.3) is 0 Å². The maximum Gasteiger partial charge on any atom is 0.340 e. The fraction of sp³-hybridized carbons (Fsp3) is 0.130. The molecule has 3 rings (SSSR count). The lowest BCUT2D eigenvalue weighted by Gasteiger charge is -2.20. The second-order valence-corrected chi connectivity index (χ2v) is 9.33. The molecule has 33 heavy (non-hydrogen) atoms. The molecule has 0 spiro atoms.